The van der Waals surface area contributed by atoms with Gasteiger partial charge >= 0.3 is 0 Å². The fourth-order valence-electron chi connectivity index (χ4n) is 3.48. The summed E-state index contributed by atoms with van der Waals surface area (Å²) in [6.45, 7) is 4.13. The highest BCUT2D eigenvalue weighted by atomic mass is 16.5. The van der Waals surface area contributed by atoms with Crippen molar-refractivity contribution in [1.82, 2.24) is 5.32 Å². The lowest BCUT2D eigenvalue weighted by Gasteiger charge is -2.37. The number of methoxy groups -OCH3 is 1. The average Bonchev–Trinajstić information content (AvgIpc) is 2.44. The van der Waals surface area contributed by atoms with Crippen molar-refractivity contribution in [2.24, 2.45) is 5.41 Å². The highest BCUT2D eigenvalue weighted by Crippen LogP contribution is 2.43. The van der Waals surface area contributed by atoms with E-state index < -0.39 is 0 Å². The molecule has 1 aromatic carbocycles. The van der Waals surface area contributed by atoms with Crippen molar-refractivity contribution in [1.29, 1.82) is 0 Å². The zero-order valence-electron chi connectivity index (χ0n) is 13.2. The maximum absolute atomic E-state index is 12.6. The van der Waals surface area contributed by atoms with Gasteiger partial charge in [-0.1, -0.05) is 26.0 Å². The van der Waals surface area contributed by atoms with Gasteiger partial charge in [0.2, 0.25) is 5.91 Å². The average molecular weight is 299 g/mol. The molecule has 1 amide bonds. The Kier molecular flexibility index (Phi) is 3.55. The molecule has 1 aliphatic heterocycles. The van der Waals surface area contributed by atoms with E-state index in [1.165, 1.54) is 0 Å². The first-order valence-corrected chi connectivity index (χ1v) is 7.60. The third-order valence-corrected chi connectivity index (χ3v) is 4.47. The number of hydrogen-bond acceptors (Lipinski definition) is 3. The highest BCUT2D eigenvalue weighted by molar-refractivity contribution is 6.02. The lowest BCUT2D eigenvalue weighted by atomic mass is 9.70. The molecule has 0 aromatic heterocycles. The number of benzene rings is 1. The van der Waals surface area contributed by atoms with Gasteiger partial charge in [-0.25, -0.2) is 0 Å². The molecule has 0 fully saturated rings. The zero-order chi connectivity index (χ0) is 15.9. The van der Waals surface area contributed by atoms with E-state index in [1.807, 2.05) is 24.3 Å². The molecule has 3 rings (SSSR count). The molecule has 4 heteroatoms. The Hall–Kier alpha value is -2.10. The Morgan fingerprint density at radius 2 is 1.82 bits per heavy atom. The summed E-state index contributed by atoms with van der Waals surface area (Å²) in [7, 11) is 1.62. The van der Waals surface area contributed by atoms with E-state index in [0.29, 0.717) is 12.8 Å². The minimum atomic E-state index is -0.141. The Balaban J connectivity index is 2.02. The highest BCUT2D eigenvalue weighted by Gasteiger charge is 2.40. The fraction of sp³-hybridized carbons (Fsp3) is 0.444. The minimum Gasteiger partial charge on any atom is -0.497 e. The van der Waals surface area contributed by atoms with E-state index >= 15 is 0 Å². The molecule has 0 saturated heterocycles. The van der Waals surface area contributed by atoms with Gasteiger partial charge in [-0.2, -0.15) is 0 Å². The maximum Gasteiger partial charge on any atom is 0.225 e. The lowest BCUT2D eigenvalue weighted by Crippen LogP contribution is -2.40. The number of hydrogen-bond donors (Lipinski definition) is 1. The second kappa shape index (κ2) is 5.27. The van der Waals surface area contributed by atoms with Crippen molar-refractivity contribution in [3.63, 3.8) is 0 Å². The summed E-state index contributed by atoms with van der Waals surface area (Å²) < 4.78 is 5.17. The van der Waals surface area contributed by atoms with Gasteiger partial charge in [0.15, 0.2) is 5.78 Å². The van der Waals surface area contributed by atoms with Gasteiger partial charge in [-0.05, 0) is 29.5 Å². The van der Waals surface area contributed by atoms with Crippen LogP contribution in [0.3, 0.4) is 0 Å². The number of amides is 1. The van der Waals surface area contributed by atoms with Gasteiger partial charge in [0.1, 0.15) is 5.75 Å². The van der Waals surface area contributed by atoms with E-state index in [2.05, 4.69) is 19.2 Å². The number of Topliss-reactive ketones (excluding diaryl/α,β-unsaturated/α-hetero) is 1. The molecule has 1 aliphatic carbocycles. The summed E-state index contributed by atoms with van der Waals surface area (Å²) in [6.07, 6.45) is 1.61. The second-order valence-corrected chi connectivity index (χ2v) is 6.91. The van der Waals surface area contributed by atoms with E-state index in [1.54, 1.807) is 7.11 Å². The van der Waals surface area contributed by atoms with Crippen LogP contribution in [0, 0.1) is 5.41 Å². The molecule has 1 unspecified atom stereocenters. The Bertz CT molecular complexity index is 655. The summed E-state index contributed by atoms with van der Waals surface area (Å²) >= 11 is 0. The van der Waals surface area contributed by atoms with E-state index in [4.69, 9.17) is 4.74 Å². The normalized spacial score (nSPS) is 23.9. The molecule has 0 saturated carbocycles. The van der Waals surface area contributed by atoms with Gasteiger partial charge in [0, 0.05) is 30.0 Å². The summed E-state index contributed by atoms with van der Waals surface area (Å²) in [4.78, 5) is 24.7. The van der Waals surface area contributed by atoms with Crippen LogP contribution in [0.15, 0.2) is 35.5 Å². The fourth-order valence-corrected chi connectivity index (χ4v) is 3.48. The molecular formula is C18H21NO3. The third kappa shape index (κ3) is 2.65. The molecule has 1 aromatic rings. The maximum atomic E-state index is 12.6. The molecular weight excluding hydrogens is 278 g/mol. The van der Waals surface area contributed by atoms with Crippen molar-refractivity contribution in [3.05, 3.63) is 41.1 Å². The molecule has 4 nitrogen and oxygen atoms in total. The van der Waals surface area contributed by atoms with Crippen LogP contribution >= 0.6 is 0 Å². The molecule has 22 heavy (non-hydrogen) atoms. The predicted octanol–water partition coefficient (Wildman–Crippen LogP) is 2.94. The number of nitrogens with one attached hydrogen (secondary N) is 1. The Morgan fingerprint density at radius 3 is 2.45 bits per heavy atom. The van der Waals surface area contributed by atoms with Crippen LogP contribution in [0.25, 0.3) is 0 Å². The monoisotopic (exact) mass is 299 g/mol. The van der Waals surface area contributed by atoms with Gasteiger partial charge < -0.3 is 10.1 Å². The van der Waals surface area contributed by atoms with E-state index in [9.17, 15) is 9.59 Å². The van der Waals surface area contributed by atoms with Crippen molar-refractivity contribution in [2.45, 2.75) is 39.0 Å². The van der Waals surface area contributed by atoms with Gasteiger partial charge in [-0.3, -0.25) is 9.59 Å². The molecule has 0 radical (unpaired) electrons. The van der Waals surface area contributed by atoms with Crippen molar-refractivity contribution < 1.29 is 14.3 Å². The van der Waals surface area contributed by atoms with Gasteiger partial charge in [-0.15, -0.1) is 0 Å². The molecule has 1 N–H and O–H groups in total. The summed E-state index contributed by atoms with van der Waals surface area (Å²) in [5.41, 5.74) is 2.52. The SMILES string of the molecule is COc1ccc(C2CC(=O)NC3=C2C(=O)CC(C)(C)C3)cc1. The topological polar surface area (TPSA) is 55.4 Å². The number of ketones is 1. The molecule has 1 heterocycles. The van der Waals surface area contributed by atoms with Gasteiger partial charge in [0.25, 0.3) is 0 Å². The smallest absolute Gasteiger partial charge is 0.225 e. The molecule has 0 bridgehead atoms. The van der Waals surface area contributed by atoms with Crippen LogP contribution < -0.4 is 10.1 Å². The number of carbonyl (C=O) groups excluding carboxylic acids is 2. The molecule has 1 atom stereocenters. The van der Waals surface area contributed by atoms with Gasteiger partial charge in [0.05, 0.1) is 7.11 Å². The number of ether oxygens (including phenoxy) is 1. The number of rotatable bonds is 2. The largest absolute Gasteiger partial charge is 0.497 e. The van der Waals surface area contributed by atoms with Crippen LogP contribution in [0.4, 0.5) is 0 Å². The molecule has 0 spiro atoms. The van der Waals surface area contributed by atoms with Crippen molar-refractivity contribution >= 4 is 11.7 Å². The summed E-state index contributed by atoms with van der Waals surface area (Å²) in [5.74, 6) is 0.782. The predicted molar refractivity (Wildman–Crippen MR) is 83.5 cm³/mol. The van der Waals surface area contributed by atoms with E-state index in [0.717, 1.165) is 29.0 Å². The lowest BCUT2D eigenvalue weighted by molar-refractivity contribution is -0.122. The molecule has 2 aliphatic rings. The van der Waals surface area contributed by atoms with Crippen LogP contribution in [0.2, 0.25) is 0 Å². The summed E-state index contributed by atoms with van der Waals surface area (Å²) in [6, 6.07) is 7.64. The third-order valence-electron chi connectivity index (χ3n) is 4.47. The Morgan fingerprint density at radius 1 is 1.14 bits per heavy atom. The van der Waals surface area contributed by atoms with Crippen LogP contribution in [0.1, 0.15) is 44.6 Å². The first-order chi connectivity index (χ1) is 10.4. The minimum absolute atomic E-state index is 0.00920. The Labute approximate surface area is 130 Å². The molecule has 116 valence electrons. The van der Waals surface area contributed by atoms with Crippen molar-refractivity contribution in [2.75, 3.05) is 7.11 Å². The first-order valence-electron chi connectivity index (χ1n) is 7.60. The van der Waals surface area contributed by atoms with Crippen LogP contribution in [-0.2, 0) is 9.59 Å². The number of allylic oxidation sites excluding steroid dienone is 2. The number of carbonyl (C=O) groups is 2. The summed E-state index contributed by atoms with van der Waals surface area (Å²) in [5, 5.41) is 2.92. The van der Waals surface area contributed by atoms with E-state index in [-0.39, 0.29) is 23.0 Å². The standard InChI is InChI=1S/C18H21NO3/c1-18(2)9-14-17(15(20)10-18)13(8-16(21)19-14)11-4-6-12(22-3)7-5-11/h4-7,13H,8-10H2,1-3H3,(H,19,21). The second-order valence-electron chi connectivity index (χ2n) is 6.91. The van der Waals surface area contributed by atoms with Crippen LogP contribution in [0.5, 0.6) is 5.75 Å². The van der Waals surface area contributed by atoms with Crippen LogP contribution in [-0.4, -0.2) is 18.8 Å². The first kappa shape index (κ1) is 14.8. The zero-order valence-corrected chi connectivity index (χ0v) is 13.2. The van der Waals surface area contributed by atoms with Crippen molar-refractivity contribution in [3.8, 4) is 5.75 Å². The quantitative estimate of drug-likeness (QED) is 0.913.